The minimum atomic E-state index is -3.51. The molecule has 5 nitrogen and oxygen atoms in total. The van der Waals surface area contributed by atoms with Gasteiger partial charge in [-0.3, -0.25) is 0 Å². The number of halogens is 1. The summed E-state index contributed by atoms with van der Waals surface area (Å²) in [6.45, 7) is 4.55. The Labute approximate surface area is 116 Å². The first-order valence-electron chi connectivity index (χ1n) is 5.85. The molecule has 2 atom stereocenters. The van der Waals surface area contributed by atoms with Crippen LogP contribution in [0.15, 0.2) is 21.6 Å². The molecule has 1 aliphatic carbocycles. The maximum atomic E-state index is 12.3. The zero-order valence-corrected chi connectivity index (χ0v) is 12.7. The van der Waals surface area contributed by atoms with Gasteiger partial charge in [0.25, 0.3) is 0 Å². The molecule has 1 heterocycles. The fourth-order valence-corrected chi connectivity index (χ4v) is 3.67. The molecule has 0 saturated heterocycles. The van der Waals surface area contributed by atoms with Gasteiger partial charge >= 0.3 is 0 Å². The van der Waals surface area contributed by atoms with Crippen LogP contribution in [0.2, 0.25) is 0 Å². The van der Waals surface area contributed by atoms with Gasteiger partial charge in [-0.1, -0.05) is 6.92 Å². The van der Waals surface area contributed by atoms with Crippen LogP contribution in [0.3, 0.4) is 0 Å². The smallest absolute Gasteiger partial charge is 0.244 e. The Morgan fingerprint density at radius 3 is 2.78 bits per heavy atom. The Kier molecular flexibility index (Phi) is 3.93. The third kappa shape index (κ3) is 3.02. The fraction of sp³-hybridized carbons (Fsp3) is 0.545. The molecule has 2 N–H and O–H groups in total. The summed E-state index contributed by atoms with van der Waals surface area (Å²) in [6.07, 6.45) is 2.48. The second kappa shape index (κ2) is 5.14. The van der Waals surface area contributed by atoms with Crippen molar-refractivity contribution in [2.75, 3.05) is 11.9 Å². The van der Waals surface area contributed by atoms with Crippen molar-refractivity contribution < 1.29 is 8.42 Å². The van der Waals surface area contributed by atoms with Crippen molar-refractivity contribution in [1.82, 2.24) is 9.71 Å². The summed E-state index contributed by atoms with van der Waals surface area (Å²) in [5.74, 6) is 0.809. The van der Waals surface area contributed by atoms with E-state index in [1.54, 1.807) is 12.3 Å². The molecule has 1 aliphatic rings. The number of hydrogen-bond donors (Lipinski definition) is 2. The summed E-state index contributed by atoms with van der Waals surface area (Å²) in [6, 6.07) is 1.63. The Morgan fingerprint density at radius 2 is 2.22 bits per heavy atom. The van der Waals surface area contributed by atoms with E-state index in [2.05, 4.69) is 31.0 Å². The third-order valence-electron chi connectivity index (χ3n) is 2.87. The average molecular weight is 334 g/mol. The summed E-state index contributed by atoms with van der Waals surface area (Å²) in [5, 5.41) is 2.96. The molecule has 1 saturated carbocycles. The summed E-state index contributed by atoms with van der Waals surface area (Å²) < 4.78 is 27.9. The number of hydrogen-bond acceptors (Lipinski definition) is 4. The van der Waals surface area contributed by atoms with Crippen molar-refractivity contribution in [2.24, 2.45) is 5.92 Å². The van der Waals surface area contributed by atoms with E-state index in [9.17, 15) is 8.42 Å². The lowest BCUT2D eigenvalue weighted by Crippen LogP contribution is -2.28. The van der Waals surface area contributed by atoms with Crippen molar-refractivity contribution in [3.63, 3.8) is 0 Å². The highest BCUT2D eigenvalue weighted by atomic mass is 79.9. The van der Waals surface area contributed by atoms with E-state index in [0.717, 1.165) is 6.42 Å². The minimum Gasteiger partial charge on any atom is -0.369 e. The lowest BCUT2D eigenvalue weighted by atomic mass is 10.4. The number of pyridine rings is 1. The quantitative estimate of drug-likeness (QED) is 0.864. The largest absolute Gasteiger partial charge is 0.369 e. The number of aromatic nitrogens is 1. The monoisotopic (exact) mass is 333 g/mol. The molecule has 0 radical (unpaired) electrons. The van der Waals surface area contributed by atoms with E-state index in [0.29, 0.717) is 22.8 Å². The zero-order valence-electron chi connectivity index (χ0n) is 10.3. The molecule has 1 fully saturated rings. The normalized spacial score (nSPS) is 22.8. The SMILES string of the molecule is CCNc1ncc(Br)cc1S(=O)(=O)NC1CC1C. The van der Waals surface area contributed by atoms with Crippen LogP contribution >= 0.6 is 15.9 Å². The molecule has 1 aromatic rings. The van der Waals surface area contributed by atoms with Crippen LogP contribution in [0.5, 0.6) is 0 Å². The molecule has 0 aromatic carbocycles. The minimum absolute atomic E-state index is 0.0588. The molecule has 7 heteroatoms. The molecule has 0 spiro atoms. The number of nitrogens with zero attached hydrogens (tertiary/aromatic N) is 1. The van der Waals surface area contributed by atoms with Crippen LogP contribution in [-0.4, -0.2) is 26.0 Å². The van der Waals surface area contributed by atoms with Crippen LogP contribution in [0.25, 0.3) is 0 Å². The maximum Gasteiger partial charge on any atom is 0.244 e. The summed E-state index contributed by atoms with van der Waals surface area (Å²) in [5.41, 5.74) is 0. The van der Waals surface area contributed by atoms with Crippen molar-refractivity contribution >= 4 is 31.8 Å². The van der Waals surface area contributed by atoms with Gasteiger partial charge in [0, 0.05) is 23.3 Å². The topological polar surface area (TPSA) is 71.1 Å². The van der Waals surface area contributed by atoms with Crippen LogP contribution in [0.4, 0.5) is 5.82 Å². The molecule has 18 heavy (non-hydrogen) atoms. The summed E-state index contributed by atoms with van der Waals surface area (Å²) >= 11 is 3.25. The Bertz CT molecular complexity index is 547. The molecule has 0 amide bonds. The first kappa shape index (κ1) is 13.8. The summed E-state index contributed by atoms with van der Waals surface area (Å²) in [4.78, 5) is 4.30. The van der Waals surface area contributed by atoms with Crippen molar-refractivity contribution in [3.8, 4) is 0 Å². The average Bonchev–Trinajstić information content (AvgIpc) is 2.96. The van der Waals surface area contributed by atoms with E-state index in [4.69, 9.17) is 0 Å². The van der Waals surface area contributed by atoms with E-state index >= 15 is 0 Å². The lowest BCUT2D eigenvalue weighted by molar-refractivity contribution is 0.578. The molecule has 0 aliphatic heterocycles. The van der Waals surface area contributed by atoms with Gasteiger partial charge in [0.15, 0.2) is 0 Å². The zero-order chi connectivity index (χ0) is 13.3. The highest BCUT2D eigenvalue weighted by Crippen LogP contribution is 2.32. The van der Waals surface area contributed by atoms with Gasteiger partial charge in [0.1, 0.15) is 10.7 Å². The number of sulfonamides is 1. The standard InChI is InChI=1S/C11H16BrN3O2S/c1-3-13-11-10(5-8(12)6-14-11)18(16,17)15-9-4-7(9)2/h5-7,9,15H,3-4H2,1-2H3,(H,13,14). The number of rotatable bonds is 5. The number of nitrogens with one attached hydrogen (secondary N) is 2. The van der Waals surface area contributed by atoms with Gasteiger partial charge in [0.05, 0.1) is 0 Å². The fourth-order valence-electron chi connectivity index (χ4n) is 1.67. The molecule has 0 bridgehead atoms. The molecular formula is C11H16BrN3O2S. The molecule has 100 valence electrons. The lowest BCUT2D eigenvalue weighted by Gasteiger charge is -2.11. The van der Waals surface area contributed by atoms with E-state index < -0.39 is 10.0 Å². The highest BCUT2D eigenvalue weighted by Gasteiger charge is 2.37. The molecule has 1 aromatic heterocycles. The van der Waals surface area contributed by atoms with Crippen molar-refractivity contribution in [2.45, 2.75) is 31.2 Å². The predicted molar refractivity (Wildman–Crippen MR) is 74.0 cm³/mol. The molecule has 2 rings (SSSR count). The van der Waals surface area contributed by atoms with Crippen LogP contribution in [0, 0.1) is 5.92 Å². The first-order chi connectivity index (χ1) is 8.44. The van der Waals surface area contributed by atoms with Crippen LogP contribution < -0.4 is 10.0 Å². The van der Waals surface area contributed by atoms with Gasteiger partial charge in [-0.2, -0.15) is 0 Å². The maximum absolute atomic E-state index is 12.3. The van der Waals surface area contributed by atoms with Crippen LogP contribution in [0.1, 0.15) is 20.3 Å². The van der Waals surface area contributed by atoms with Gasteiger partial charge in [-0.05, 0) is 41.3 Å². The third-order valence-corrected chi connectivity index (χ3v) is 4.81. The molecular weight excluding hydrogens is 318 g/mol. The second-order valence-corrected chi connectivity index (χ2v) is 7.07. The Balaban J connectivity index is 2.32. The Morgan fingerprint density at radius 1 is 1.56 bits per heavy atom. The number of anilines is 1. The summed E-state index contributed by atoms with van der Waals surface area (Å²) in [7, 11) is -3.51. The van der Waals surface area contributed by atoms with Gasteiger partial charge in [-0.25, -0.2) is 18.1 Å². The van der Waals surface area contributed by atoms with Crippen molar-refractivity contribution in [1.29, 1.82) is 0 Å². The van der Waals surface area contributed by atoms with Gasteiger partial charge in [-0.15, -0.1) is 0 Å². The van der Waals surface area contributed by atoms with Crippen molar-refractivity contribution in [3.05, 3.63) is 16.7 Å². The van der Waals surface area contributed by atoms with E-state index in [1.165, 1.54) is 0 Å². The van der Waals surface area contributed by atoms with Gasteiger partial charge < -0.3 is 5.32 Å². The van der Waals surface area contributed by atoms with E-state index in [-0.39, 0.29) is 10.9 Å². The predicted octanol–water partition coefficient (Wildman–Crippen LogP) is 1.96. The van der Waals surface area contributed by atoms with Crippen LogP contribution in [-0.2, 0) is 10.0 Å². The second-order valence-electron chi connectivity index (χ2n) is 4.47. The van der Waals surface area contributed by atoms with Gasteiger partial charge in [0.2, 0.25) is 10.0 Å². The van der Waals surface area contributed by atoms with E-state index in [1.807, 2.05) is 13.8 Å². The highest BCUT2D eigenvalue weighted by molar-refractivity contribution is 9.10. The first-order valence-corrected chi connectivity index (χ1v) is 8.13. The Hall–Kier alpha value is -0.660. The molecule has 2 unspecified atom stereocenters.